The molecule has 0 spiro atoms. The number of nitrogens with zero attached hydrogens (tertiary/aromatic N) is 3. The van der Waals surface area contributed by atoms with Crippen LogP contribution in [0.3, 0.4) is 0 Å². The van der Waals surface area contributed by atoms with E-state index in [0.717, 1.165) is 0 Å². The highest BCUT2D eigenvalue weighted by atomic mass is 19.2. The summed E-state index contributed by atoms with van der Waals surface area (Å²) in [6.07, 6.45) is 0. The molecule has 5 nitrogen and oxygen atoms in total. The van der Waals surface area contributed by atoms with Crippen LogP contribution in [0.15, 0.2) is 0 Å². The van der Waals surface area contributed by atoms with Gasteiger partial charge in [-0.2, -0.15) is 4.98 Å². The van der Waals surface area contributed by atoms with Crippen molar-refractivity contribution < 1.29 is 4.48 Å². The summed E-state index contributed by atoms with van der Waals surface area (Å²) in [4.78, 5) is 3.16. The average molecular weight is 117 g/mol. The van der Waals surface area contributed by atoms with Gasteiger partial charge in [-0.1, -0.05) is 14.5 Å². The van der Waals surface area contributed by atoms with Crippen molar-refractivity contribution in [3.05, 3.63) is 0 Å². The molecule has 44 valence electrons. The second-order valence-electron chi connectivity index (χ2n) is 1.19. The first-order chi connectivity index (χ1) is 3.70. The molecule has 0 aliphatic carbocycles. The molecule has 0 radical (unpaired) electrons. The molecule has 0 unspecified atom stereocenters. The van der Waals surface area contributed by atoms with Crippen molar-refractivity contribution in [2.75, 3.05) is 11.5 Å². The largest absolute Gasteiger partial charge is 0.366 e. The molecule has 0 atom stereocenters. The lowest BCUT2D eigenvalue weighted by Gasteiger charge is -1.78. The Morgan fingerprint density at radius 1 is 1.50 bits per heavy atom. The maximum absolute atomic E-state index is 11.9. The Hall–Kier alpha value is -1.33. The Morgan fingerprint density at radius 3 is 2.25 bits per heavy atom. The number of anilines is 2. The Morgan fingerprint density at radius 2 is 2.12 bits per heavy atom. The van der Waals surface area contributed by atoms with Gasteiger partial charge in [0.1, 0.15) is 0 Å². The van der Waals surface area contributed by atoms with E-state index in [0.29, 0.717) is 0 Å². The van der Waals surface area contributed by atoms with Crippen molar-refractivity contribution in [3.8, 4) is 0 Å². The third-order valence-electron chi connectivity index (χ3n) is 0.608. The smallest absolute Gasteiger partial charge is 0.253 e. The summed E-state index contributed by atoms with van der Waals surface area (Å²) in [5.41, 5.74) is 9.79. The molecular formula is C2H4FN5. The Labute approximate surface area is 44.0 Å². The molecule has 4 N–H and O–H groups in total. The first-order valence-electron chi connectivity index (χ1n) is 1.84. The van der Waals surface area contributed by atoms with E-state index in [4.69, 9.17) is 11.5 Å². The Balaban J connectivity index is 3.14. The van der Waals surface area contributed by atoms with Gasteiger partial charge in [0.15, 0.2) is 0 Å². The molecule has 1 aromatic rings. The van der Waals surface area contributed by atoms with Crippen LogP contribution in [0.1, 0.15) is 0 Å². The second-order valence-corrected chi connectivity index (χ2v) is 1.19. The Kier molecular flexibility index (Phi) is 0.797. The molecule has 6 heteroatoms. The number of halogens is 1. The van der Waals surface area contributed by atoms with Crippen LogP contribution in [-0.4, -0.2) is 15.0 Å². The van der Waals surface area contributed by atoms with E-state index < -0.39 is 0 Å². The molecule has 0 aliphatic heterocycles. The normalized spacial score (nSPS) is 9.62. The standard InChI is InChI=1S/C2H4FN5/c3-8-2(5)6-1(4)7-8/h(H4,4,5,6,7). The summed E-state index contributed by atoms with van der Waals surface area (Å²) in [5.74, 6) is -0.493. The first kappa shape index (κ1) is 4.82. The zero-order valence-corrected chi connectivity index (χ0v) is 3.87. The van der Waals surface area contributed by atoms with Gasteiger partial charge in [0.25, 0.3) is 5.95 Å². The summed E-state index contributed by atoms with van der Waals surface area (Å²) >= 11 is 0. The summed E-state index contributed by atoms with van der Waals surface area (Å²) in [6.45, 7) is 0. The van der Waals surface area contributed by atoms with Crippen molar-refractivity contribution >= 4 is 11.9 Å². The SMILES string of the molecule is Nc1nc(N)n(F)n1. The van der Waals surface area contributed by atoms with Crippen LogP contribution in [0.4, 0.5) is 16.4 Å². The molecule has 0 aliphatic rings. The number of nitrogens with two attached hydrogens (primary N) is 2. The lowest BCUT2D eigenvalue weighted by molar-refractivity contribution is 0.324. The topological polar surface area (TPSA) is 82.7 Å². The number of hydrogen-bond donors (Lipinski definition) is 2. The van der Waals surface area contributed by atoms with E-state index in [1.165, 1.54) is 0 Å². The van der Waals surface area contributed by atoms with E-state index in [-0.39, 0.29) is 16.8 Å². The fraction of sp³-hybridized carbons (Fsp3) is 0. The maximum atomic E-state index is 11.9. The summed E-state index contributed by atoms with van der Waals surface area (Å²) in [5, 5.41) is 3.00. The summed E-state index contributed by atoms with van der Waals surface area (Å²) in [7, 11) is 0. The third-order valence-corrected chi connectivity index (χ3v) is 0.608. The van der Waals surface area contributed by atoms with Crippen molar-refractivity contribution in [1.82, 2.24) is 15.0 Å². The monoisotopic (exact) mass is 117 g/mol. The molecule has 0 aromatic carbocycles. The summed E-state index contributed by atoms with van der Waals surface area (Å²) in [6, 6.07) is 0. The van der Waals surface area contributed by atoms with Crippen molar-refractivity contribution in [2.24, 2.45) is 0 Å². The van der Waals surface area contributed by atoms with E-state index in [2.05, 4.69) is 10.1 Å². The lowest BCUT2D eigenvalue weighted by Crippen LogP contribution is -1.93. The quantitative estimate of drug-likeness (QED) is 0.464. The van der Waals surface area contributed by atoms with Gasteiger partial charge in [0.2, 0.25) is 5.95 Å². The van der Waals surface area contributed by atoms with Gasteiger partial charge in [-0.15, -0.1) is 0 Å². The molecule has 0 fully saturated rings. The van der Waals surface area contributed by atoms with Crippen LogP contribution in [0.2, 0.25) is 0 Å². The van der Waals surface area contributed by atoms with E-state index in [1.54, 1.807) is 0 Å². The first-order valence-corrected chi connectivity index (χ1v) is 1.84. The number of hydrogen-bond acceptors (Lipinski definition) is 4. The molecule has 0 saturated heterocycles. The number of nitrogen functional groups attached to an aromatic ring is 2. The highest BCUT2D eigenvalue weighted by Gasteiger charge is 1.99. The van der Waals surface area contributed by atoms with Gasteiger partial charge in [0.05, 0.1) is 0 Å². The van der Waals surface area contributed by atoms with Gasteiger partial charge in [-0.05, 0) is 0 Å². The number of rotatable bonds is 0. The van der Waals surface area contributed by atoms with Gasteiger partial charge in [0, 0.05) is 0 Å². The minimum atomic E-state index is -0.331. The van der Waals surface area contributed by atoms with Gasteiger partial charge in [-0.25, -0.2) is 0 Å². The highest BCUT2D eigenvalue weighted by Crippen LogP contribution is 1.98. The predicted molar refractivity (Wildman–Crippen MR) is 25.4 cm³/mol. The van der Waals surface area contributed by atoms with E-state index in [9.17, 15) is 4.48 Å². The molecule has 0 bridgehead atoms. The van der Waals surface area contributed by atoms with Crippen molar-refractivity contribution in [3.63, 3.8) is 0 Å². The molecule has 0 amide bonds. The van der Waals surface area contributed by atoms with Crippen LogP contribution in [0.25, 0.3) is 0 Å². The maximum Gasteiger partial charge on any atom is 0.253 e. The van der Waals surface area contributed by atoms with E-state index in [1.807, 2.05) is 0 Å². The molecule has 1 heterocycles. The fourth-order valence-electron chi connectivity index (χ4n) is 0.322. The van der Waals surface area contributed by atoms with Gasteiger partial charge in [-0.3, -0.25) is 0 Å². The highest BCUT2D eigenvalue weighted by molar-refractivity contribution is 5.24. The van der Waals surface area contributed by atoms with Crippen molar-refractivity contribution in [2.45, 2.75) is 0 Å². The fourth-order valence-corrected chi connectivity index (χ4v) is 0.322. The summed E-state index contributed by atoms with van der Waals surface area (Å²) < 4.78 is 11.9. The minimum Gasteiger partial charge on any atom is -0.366 e. The molecule has 1 aromatic heterocycles. The average Bonchev–Trinajstić information content (AvgIpc) is 1.85. The molecule has 0 saturated carbocycles. The third kappa shape index (κ3) is 0.552. The van der Waals surface area contributed by atoms with Crippen LogP contribution in [0, 0.1) is 0 Å². The van der Waals surface area contributed by atoms with Crippen LogP contribution in [-0.2, 0) is 0 Å². The predicted octanol–water partition coefficient (Wildman–Crippen LogP) is -0.825. The molecular weight excluding hydrogens is 113 g/mol. The Bertz CT molecular complexity index is 173. The van der Waals surface area contributed by atoms with Crippen LogP contribution < -0.4 is 11.5 Å². The molecule has 1 rings (SSSR count). The number of aromatic nitrogens is 3. The van der Waals surface area contributed by atoms with Gasteiger partial charge < -0.3 is 11.5 Å². The van der Waals surface area contributed by atoms with Crippen LogP contribution >= 0.6 is 0 Å². The zero-order valence-electron chi connectivity index (χ0n) is 3.87. The van der Waals surface area contributed by atoms with E-state index >= 15 is 0 Å². The van der Waals surface area contributed by atoms with Gasteiger partial charge >= 0.3 is 0 Å². The lowest BCUT2D eigenvalue weighted by atomic mass is 11.0. The minimum absolute atomic E-state index is 0.0880. The molecule has 8 heavy (non-hydrogen) atoms. The second kappa shape index (κ2) is 1.32. The zero-order chi connectivity index (χ0) is 6.15. The van der Waals surface area contributed by atoms with Crippen LogP contribution in [0.5, 0.6) is 0 Å². The van der Waals surface area contributed by atoms with Crippen molar-refractivity contribution in [1.29, 1.82) is 0 Å².